The lowest BCUT2D eigenvalue weighted by atomic mass is 9.91. The Bertz CT molecular complexity index is 586. The molecule has 110 valence electrons. The molecule has 3 rings (SSSR count). The molecule has 0 spiro atoms. The molecule has 2 aromatic rings. The highest BCUT2D eigenvalue weighted by molar-refractivity contribution is 5.94. The second-order valence-electron chi connectivity index (χ2n) is 5.47. The standard InChI is InChI=1S/C16H18FN3O/c17-13-4-2-12(3-5-13)16(21)19-14-6-8-15(9-7-14)20-11-1-10-18-20/h1-5,10-11,14-15H,6-9H2,(H,19,21). The predicted octanol–water partition coefficient (Wildman–Crippen LogP) is 2.94. The summed E-state index contributed by atoms with van der Waals surface area (Å²) >= 11 is 0. The first-order valence-electron chi connectivity index (χ1n) is 7.28. The fourth-order valence-corrected chi connectivity index (χ4v) is 2.85. The molecule has 1 aromatic carbocycles. The lowest BCUT2D eigenvalue weighted by Crippen LogP contribution is -2.38. The Kier molecular flexibility index (Phi) is 3.99. The number of nitrogens with zero attached hydrogens (tertiary/aromatic N) is 2. The van der Waals surface area contributed by atoms with Gasteiger partial charge in [-0.1, -0.05) is 0 Å². The number of rotatable bonds is 3. The monoisotopic (exact) mass is 287 g/mol. The van der Waals surface area contributed by atoms with Crippen molar-refractivity contribution in [3.05, 3.63) is 54.1 Å². The Morgan fingerprint density at radius 3 is 2.52 bits per heavy atom. The number of aromatic nitrogens is 2. The Morgan fingerprint density at radius 2 is 1.90 bits per heavy atom. The van der Waals surface area contributed by atoms with E-state index in [4.69, 9.17) is 0 Å². The van der Waals surface area contributed by atoms with Gasteiger partial charge in [0.1, 0.15) is 5.82 Å². The Morgan fingerprint density at radius 1 is 1.19 bits per heavy atom. The molecule has 0 radical (unpaired) electrons. The van der Waals surface area contributed by atoms with Crippen LogP contribution in [-0.2, 0) is 0 Å². The van der Waals surface area contributed by atoms with E-state index < -0.39 is 0 Å². The van der Waals surface area contributed by atoms with Crippen LogP contribution in [0.25, 0.3) is 0 Å². The highest BCUT2D eigenvalue weighted by atomic mass is 19.1. The summed E-state index contributed by atoms with van der Waals surface area (Å²) in [6, 6.07) is 8.20. The third kappa shape index (κ3) is 3.29. The summed E-state index contributed by atoms with van der Waals surface area (Å²) in [4.78, 5) is 12.1. The van der Waals surface area contributed by atoms with E-state index in [-0.39, 0.29) is 17.8 Å². The molecule has 1 N–H and O–H groups in total. The summed E-state index contributed by atoms with van der Waals surface area (Å²) in [7, 11) is 0. The third-order valence-corrected chi connectivity index (χ3v) is 4.04. The molecule has 0 aliphatic heterocycles. The molecule has 0 saturated heterocycles. The topological polar surface area (TPSA) is 46.9 Å². The van der Waals surface area contributed by atoms with Crippen LogP contribution >= 0.6 is 0 Å². The largest absolute Gasteiger partial charge is 0.349 e. The summed E-state index contributed by atoms with van der Waals surface area (Å²) in [6.45, 7) is 0. The van der Waals surface area contributed by atoms with Gasteiger partial charge in [-0.3, -0.25) is 9.48 Å². The van der Waals surface area contributed by atoms with Crippen LogP contribution < -0.4 is 5.32 Å². The number of nitrogens with one attached hydrogen (secondary N) is 1. The summed E-state index contributed by atoms with van der Waals surface area (Å²) < 4.78 is 14.8. The van der Waals surface area contributed by atoms with Crippen molar-refractivity contribution in [3.63, 3.8) is 0 Å². The molecule has 1 aliphatic rings. The highest BCUT2D eigenvalue weighted by Gasteiger charge is 2.23. The first kappa shape index (κ1) is 13.8. The van der Waals surface area contributed by atoms with Gasteiger partial charge in [-0.2, -0.15) is 5.10 Å². The van der Waals surface area contributed by atoms with E-state index in [1.165, 1.54) is 24.3 Å². The average Bonchev–Trinajstić information content (AvgIpc) is 3.03. The molecular weight excluding hydrogens is 269 g/mol. The Labute approximate surface area is 123 Å². The van der Waals surface area contributed by atoms with Gasteiger partial charge in [-0.25, -0.2) is 4.39 Å². The van der Waals surface area contributed by atoms with Gasteiger partial charge in [0, 0.05) is 24.0 Å². The number of hydrogen-bond acceptors (Lipinski definition) is 2. The van der Waals surface area contributed by atoms with Gasteiger partial charge in [-0.05, 0) is 56.0 Å². The second-order valence-corrected chi connectivity index (χ2v) is 5.47. The normalized spacial score (nSPS) is 22.0. The van der Waals surface area contributed by atoms with E-state index in [9.17, 15) is 9.18 Å². The lowest BCUT2D eigenvalue weighted by Gasteiger charge is -2.29. The van der Waals surface area contributed by atoms with E-state index in [2.05, 4.69) is 10.4 Å². The molecule has 1 aliphatic carbocycles. The van der Waals surface area contributed by atoms with Crippen molar-refractivity contribution in [2.45, 2.75) is 37.8 Å². The molecule has 1 aromatic heterocycles. The summed E-state index contributed by atoms with van der Waals surface area (Å²) in [5.41, 5.74) is 0.505. The zero-order valence-corrected chi connectivity index (χ0v) is 11.7. The SMILES string of the molecule is O=C(NC1CCC(n2cccn2)CC1)c1ccc(F)cc1. The van der Waals surface area contributed by atoms with Crippen molar-refractivity contribution in [1.82, 2.24) is 15.1 Å². The smallest absolute Gasteiger partial charge is 0.251 e. The van der Waals surface area contributed by atoms with Crippen molar-refractivity contribution < 1.29 is 9.18 Å². The number of hydrogen-bond donors (Lipinski definition) is 1. The van der Waals surface area contributed by atoms with E-state index >= 15 is 0 Å². The Balaban J connectivity index is 1.53. The van der Waals surface area contributed by atoms with E-state index in [1.54, 1.807) is 6.20 Å². The molecule has 21 heavy (non-hydrogen) atoms. The number of carbonyl (C=O) groups is 1. The van der Waals surface area contributed by atoms with Gasteiger partial charge >= 0.3 is 0 Å². The number of amides is 1. The van der Waals surface area contributed by atoms with Crippen LogP contribution in [0.2, 0.25) is 0 Å². The van der Waals surface area contributed by atoms with Crippen molar-refractivity contribution in [1.29, 1.82) is 0 Å². The summed E-state index contributed by atoms with van der Waals surface area (Å²) in [6.07, 6.45) is 7.69. The quantitative estimate of drug-likeness (QED) is 0.943. The van der Waals surface area contributed by atoms with Gasteiger partial charge in [-0.15, -0.1) is 0 Å². The molecule has 0 unspecified atom stereocenters. The average molecular weight is 287 g/mol. The molecule has 1 amide bonds. The zero-order chi connectivity index (χ0) is 14.7. The number of carbonyl (C=O) groups excluding carboxylic acids is 1. The minimum atomic E-state index is -0.328. The number of halogens is 1. The van der Waals surface area contributed by atoms with Crippen molar-refractivity contribution >= 4 is 5.91 Å². The maximum atomic E-state index is 12.8. The van der Waals surface area contributed by atoms with E-state index in [0.717, 1.165) is 25.7 Å². The van der Waals surface area contributed by atoms with Crippen LogP contribution in [0.4, 0.5) is 4.39 Å². The lowest BCUT2D eigenvalue weighted by molar-refractivity contribution is 0.0921. The summed E-state index contributed by atoms with van der Waals surface area (Å²) in [5, 5.41) is 7.30. The van der Waals surface area contributed by atoms with Gasteiger partial charge in [0.25, 0.3) is 5.91 Å². The van der Waals surface area contributed by atoms with Crippen LogP contribution in [0.3, 0.4) is 0 Å². The van der Waals surface area contributed by atoms with Gasteiger partial charge in [0.15, 0.2) is 0 Å². The Hall–Kier alpha value is -2.17. The van der Waals surface area contributed by atoms with Crippen LogP contribution in [0.1, 0.15) is 42.1 Å². The maximum absolute atomic E-state index is 12.8. The zero-order valence-electron chi connectivity index (χ0n) is 11.7. The van der Waals surface area contributed by atoms with Crippen LogP contribution in [0.15, 0.2) is 42.7 Å². The first-order chi connectivity index (χ1) is 10.2. The second kappa shape index (κ2) is 6.08. The van der Waals surface area contributed by atoms with Crippen molar-refractivity contribution in [2.75, 3.05) is 0 Å². The van der Waals surface area contributed by atoms with E-state index in [0.29, 0.717) is 11.6 Å². The van der Waals surface area contributed by atoms with Gasteiger partial charge in [0.2, 0.25) is 0 Å². The molecule has 0 atom stereocenters. The minimum Gasteiger partial charge on any atom is -0.349 e. The molecule has 4 nitrogen and oxygen atoms in total. The fraction of sp³-hybridized carbons (Fsp3) is 0.375. The fourth-order valence-electron chi connectivity index (χ4n) is 2.85. The van der Waals surface area contributed by atoms with Crippen LogP contribution in [0, 0.1) is 5.82 Å². The number of benzene rings is 1. The van der Waals surface area contributed by atoms with Crippen LogP contribution in [-0.4, -0.2) is 21.7 Å². The third-order valence-electron chi connectivity index (χ3n) is 4.04. The summed E-state index contributed by atoms with van der Waals surface area (Å²) in [5.74, 6) is -0.455. The minimum absolute atomic E-state index is 0.127. The maximum Gasteiger partial charge on any atom is 0.251 e. The van der Waals surface area contributed by atoms with Crippen molar-refractivity contribution in [2.24, 2.45) is 0 Å². The van der Waals surface area contributed by atoms with E-state index in [1.807, 2.05) is 16.9 Å². The molecule has 1 fully saturated rings. The molecule has 0 bridgehead atoms. The first-order valence-corrected chi connectivity index (χ1v) is 7.28. The molecular formula is C16H18FN3O. The molecule has 1 heterocycles. The van der Waals surface area contributed by atoms with Crippen molar-refractivity contribution in [3.8, 4) is 0 Å². The van der Waals surface area contributed by atoms with Gasteiger partial charge < -0.3 is 5.32 Å². The predicted molar refractivity (Wildman–Crippen MR) is 77.4 cm³/mol. The van der Waals surface area contributed by atoms with Crippen LogP contribution in [0.5, 0.6) is 0 Å². The van der Waals surface area contributed by atoms with Gasteiger partial charge in [0.05, 0.1) is 6.04 Å². The highest BCUT2D eigenvalue weighted by Crippen LogP contribution is 2.27. The molecule has 1 saturated carbocycles. The molecule has 5 heteroatoms.